The van der Waals surface area contributed by atoms with Crippen molar-refractivity contribution in [1.29, 1.82) is 0 Å². The summed E-state index contributed by atoms with van der Waals surface area (Å²) in [6.07, 6.45) is 15.3. The van der Waals surface area contributed by atoms with Gasteiger partial charge < -0.3 is 0 Å². The van der Waals surface area contributed by atoms with Gasteiger partial charge in [0.05, 0.1) is 0 Å². The topological polar surface area (TPSA) is 0 Å². The van der Waals surface area contributed by atoms with Crippen LogP contribution < -0.4 is 0 Å². The molecule has 0 aromatic heterocycles. The lowest BCUT2D eigenvalue weighted by Crippen LogP contribution is -1.97. The molecule has 0 heterocycles. The van der Waals surface area contributed by atoms with Crippen molar-refractivity contribution >= 4 is 0 Å². The summed E-state index contributed by atoms with van der Waals surface area (Å²) in [5.74, 6) is 0.828. The Kier molecular flexibility index (Phi) is 5.98. The normalized spacial score (nSPS) is 31.0. The second-order valence-corrected chi connectivity index (χ2v) is 4.90. The molecule has 0 bridgehead atoms. The van der Waals surface area contributed by atoms with Crippen molar-refractivity contribution in [2.45, 2.75) is 71.6 Å². The number of rotatable bonds is 0. The summed E-state index contributed by atoms with van der Waals surface area (Å²) in [7, 11) is 0. The van der Waals surface area contributed by atoms with Crippen molar-refractivity contribution in [3.05, 3.63) is 11.6 Å². The van der Waals surface area contributed by atoms with Crippen molar-refractivity contribution in [2.24, 2.45) is 5.92 Å². The minimum absolute atomic E-state index is 0.828. The molecule has 1 unspecified atom stereocenters. The van der Waals surface area contributed by atoms with E-state index in [9.17, 15) is 0 Å². The molecule has 82 valence electrons. The van der Waals surface area contributed by atoms with Crippen LogP contribution >= 0.6 is 0 Å². The minimum atomic E-state index is 0.828. The van der Waals surface area contributed by atoms with Crippen LogP contribution in [0.15, 0.2) is 11.6 Å². The summed E-state index contributed by atoms with van der Waals surface area (Å²) in [5.41, 5.74) is 1.63. The summed E-state index contributed by atoms with van der Waals surface area (Å²) >= 11 is 0. The highest BCUT2D eigenvalue weighted by Gasteiger charge is 2.04. The van der Waals surface area contributed by atoms with Gasteiger partial charge in [-0.15, -0.1) is 0 Å². The van der Waals surface area contributed by atoms with E-state index in [1.54, 1.807) is 5.57 Å². The van der Waals surface area contributed by atoms with Crippen LogP contribution in [0.3, 0.4) is 0 Å². The van der Waals surface area contributed by atoms with E-state index in [1.165, 1.54) is 57.8 Å². The van der Waals surface area contributed by atoms with E-state index < -0.39 is 0 Å². The van der Waals surface area contributed by atoms with Gasteiger partial charge in [0.25, 0.3) is 0 Å². The molecule has 0 aromatic rings. The maximum Gasteiger partial charge on any atom is -0.0234 e. The van der Waals surface area contributed by atoms with E-state index in [2.05, 4.69) is 19.9 Å². The third-order valence-electron chi connectivity index (χ3n) is 3.58. The van der Waals surface area contributed by atoms with Crippen molar-refractivity contribution < 1.29 is 0 Å². The molecule has 1 aliphatic rings. The summed E-state index contributed by atoms with van der Waals surface area (Å²) in [4.78, 5) is 0. The molecule has 0 spiro atoms. The third-order valence-corrected chi connectivity index (χ3v) is 3.58. The van der Waals surface area contributed by atoms with Gasteiger partial charge >= 0.3 is 0 Å². The van der Waals surface area contributed by atoms with Gasteiger partial charge in [0.1, 0.15) is 0 Å². The lowest BCUT2D eigenvalue weighted by molar-refractivity contribution is 0.514. The van der Waals surface area contributed by atoms with Crippen LogP contribution in [0.25, 0.3) is 0 Å². The van der Waals surface area contributed by atoms with Crippen LogP contribution in [0.5, 0.6) is 0 Å². The molecule has 0 saturated heterocycles. The summed E-state index contributed by atoms with van der Waals surface area (Å²) < 4.78 is 0. The predicted octanol–water partition coefficient (Wildman–Crippen LogP) is 5.09. The Hall–Kier alpha value is -0.260. The Morgan fingerprint density at radius 3 is 2.21 bits per heavy atom. The third kappa shape index (κ3) is 4.83. The summed E-state index contributed by atoms with van der Waals surface area (Å²) in [5, 5.41) is 0. The van der Waals surface area contributed by atoms with E-state index in [1.807, 2.05) is 0 Å². The Balaban J connectivity index is 2.36. The van der Waals surface area contributed by atoms with Gasteiger partial charge in [0, 0.05) is 0 Å². The summed E-state index contributed by atoms with van der Waals surface area (Å²) in [6, 6.07) is 0. The molecule has 0 amide bonds. The highest BCUT2D eigenvalue weighted by molar-refractivity contribution is 5.01. The average Bonchev–Trinajstić information content (AvgIpc) is 2.18. The fraction of sp³-hybridized carbons (Fsp3) is 0.857. The van der Waals surface area contributed by atoms with Crippen molar-refractivity contribution in [3.63, 3.8) is 0 Å². The van der Waals surface area contributed by atoms with Crippen LogP contribution in [0.4, 0.5) is 0 Å². The van der Waals surface area contributed by atoms with E-state index in [-0.39, 0.29) is 0 Å². The molecule has 1 rings (SSSR count). The smallest absolute Gasteiger partial charge is 0.0234 e. The standard InChI is InChI=1S/C14H26/c1-13-11-9-7-5-3-4-6-8-10-12-14(13)2/h11,14H,3-10,12H2,1-2H3/b13-11-. The minimum Gasteiger partial charge on any atom is -0.0853 e. The van der Waals surface area contributed by atoms with Gasteiger partial charge in [0.2, 0.25) is 0 Å². The van der Waals surface area contributed by atoms with Gasteiger partial charge in [-0.2, -0.15) is 0 Å². The quantitative estimate of drug-likeness (QED) is 0.471. The van der Waals surface area contributed by atoms with Crippen LogP contribution in [0.2, 0.25) is 0 Å². The zero-order chi connectivity index (χ0) is 10.2. The summed E-state index contributed by atoms with van der Waals surface area (Å²) in [6.45, 7) is 4.70. The van der Waals surface area contributed by atoms with Gasteiger partial charge in [-0.05, 0) is 32.1 Å². The molecule has 1 atom stereocenters. The van der Waals surface area contributed by atoms with E-state index >= 15 is 0 Å². The largest absolute Gasteiger partial charge is 0.0853 e. The number of allylic oxidation sites excluding steroid dienone is 2. The molecular weight excluding hydrogens is 168 g/mol. The molecule has 0 radical (unpaired) electrons. The van der Waals surface area contributed by atoms with E-state index in [0.29, 0.717) is 0 Å². The molecule has 1 aliphatic carbocycles. The fourth-order valence-electron chi connectivity index (χ4n) is 2.24. The maximum absolute atomic E-state index is 2.48. The molecule has 0 aliphatic heterocycles. The van der Waals surface area contributed by atoms with Crippen molar-refractivity contribution in [3.8, 4) is 0 Å². The SMILES string of the molecule is C/C1=C/CCCCCCCCCC1C. The Labute approximate surface area is 89.8 Å². The molecule has 0 aromatic carbocycles. The second kappa shape index (κ2) is 7.09. The second-order valence-electron chi connectivity index (χ2n) is 4.90. The molecule has 0 N–H and O–H groups in total. The predicted molar refractivity (Wildman–Crippen MR) is 64.5 cm³/mol. The Bertz CT molecular complexity index is 167. The lowest BCUT2D eigenvalue weighted by Gasteiger charge is -2.13. The Morgan fingerprint density at radius 1 is 0.929 bits per heavy atom. The van der Waals surface area contributed by atoms with Gasteiger partial charge in [-0.3, -0.25) is 0 Å². The molecule has 0 nitrogen and oxygen atoms in total. The zero-order valence-corrected chi connectivity index (χ0v) is 10.0. The molecule has 14 heavy (non-hydrogen) atoms. The fourth-order valence-corrected chi connectivity index (χ4v) is 2.24. The zero-order valence-electron chi connectivity index (χ0n) is 10.0. The van der Waals surface area contributed by atoms with Gasteiger partial charge in [-0.1, -0.05) is 57.1 Å². The van der Waals surface area contributed by atoms with Crippen molar-refractivity contribution in [2.75, 3.05) is 0 Å². The molecule has 0 heteroatoms. The molecular formula is C14H26. The average molecular weight is 194 g/mol. The van der Waals surface area contributed by atoms with Crippen LogP contribution in [0.1, 0.15) is 71.6 Å². The van der Waals surface area contributed by atoms with Gasteiger partial charge in [-0.25, -0.2) is 0 Å². The van der Waals surface area contributed by atoms with Crippen LogP contribution in [-0.2, 0) is 0 Å². The molecule has 0 saturated carbocycles. The van der Waals surface area contributed by atoms with Crippen LogP contribution in [-0.4, -0.2) is 0 Å². The first-order valence-corrected chi connectivity index (χ1v) is 6.47. The lowest BCUT2D eigenvalue weighted by atomic mass is 9.93. The van der Waals surface area contributed by atoms with Gasteiger partial charge in [0.15, 0.2) is 0 Å². The molecule has 0 fully saturated rings. The van der Waals surface area contributed by atoms with E-state index in [0.717, 1.165) is 5.92 Å². The van der Waals surface area contributed by atoms with Crippen molar-refractivity contribution in [1.82, 2.24) is 0 Å². The van der Waals surface area contributed by atoms with E-state index in [4.69, 9.17) is 0 Å². The highest BCUT2D eigenvalue weighted by atomic mass is 14.1. The first-order chi connectivity index (χ1) is 6.80. The number of hydrogen-bond acceptors (Lipinski definition) is 0. The Morgan fingerprint density at radius 2 is 1.50 bits per heavy atom. The first kappa shape index (κ1) is 11.8. The first-order valence-electron chi connectivity index (χ1n) is 6.47. The highest BCUT2D eigenvalue weighted by Crippen LogP contribution is 2.21. The number of hydrogen-bond donors (Lipinski definition) is 0. The maximum atomic E-state index is 2.48. The van der Waals surface area contributed by atoms with Crippen LogP contribution in [0, 0.1) is 5.92 Å². The monoisotopic (exact) mass is 194 g/mol.